The van der Waals surface area contributed by atoms with E-state index in [0.29, 0.717) is 19.1 Å². The molecular weight excluding hydrogens is 326 g/mol. The van der Waals surface area contributed by atoms with Crippen molar-refractivity contribution in [2.45, 2.75) is 45.2 Å². The third-order valence-corrected chi connectivity index (χ3v) is 5.76. The lowest BCUT2D eigenvalue weighted by molar-refractivity contribution is -0.115. The number of benzene rings is 1. The minimum atomic E-state index is 0.00362. The van der Waals surface area contributed by atoms with Crippen molar-refractivity contribution in [2.75, 3.05) is 23.3 Å². The van der Waals surface area contributed by atoms with Gasteiger partial charge in [0.1, 0.15) is 0 Å². The minimum absolute atomic E-state index is 0.00362. The standard InChI is InChI=1S/C20H23N5O/c1-12-7-8-25(12)20-23-16-4-2-3-15(16)19(24-20)13-5-6-14-10-21-11-18(26)22-17(14)9-13/h5-6,9,12,21H,2-4,7-8,10-11H2,1H3,(H,22,26)/t12-/m0/s1. The van der Waals surface area contributed by atoms with E-state index in [2.05, 4.69) is 40.7 Å². The third kappa shape index (κ3) is 2.56. The summed E-state index contributed by atoms with van der Waals surface area (Å²) in [6.45, 7) is 4.31. The molecule has 3 heterocycles. The quantitative estimate of drug-likeness (QED) is 0.870. The molecule has 0 bridgehead atoms. The maximum Gasteiger partial charge on any atom is 0.238 e. The summed E-state index contributed by atoms with van der Waals surface area (Å²) in [5.74, 6) is 0.865. The van der Waals surface area contributed by atoms with Gasteiger partial charge < -0.3 is 15.5 Å². The number of carbonyl (C=O) groups excluding carboxylic acids is 1. The van der Waals surface area contributed by atoms with Gasteiger partial charge in [0.15, 0.2) is 0 Å². The van der Waals surface area contributed by atoms with E-state index in [1.165, 1.54) is 17.7 Å². The molecule has 0 unspecified atom stereocenters. The Hall–Kier alpha value is -2.47. The summed E-state index contributed by atoms with van der Waals surface area (Å²) < 4.78 is 0. The maximum atomic E-state index is 11.9. The van der Waals surface area contributed by atoms with Crippen LogP contribution >= 0.6 is 0 Å². The molecule has 1 atom stereocenters. The molecule has 26 heavy (non-hydrogen) atoms. The Morgan fingerprint density at radius 2 is 2.12 bits per heavy atom. The molecule has 1 aromatic carbocycles. The van der Waals surface area contributed by atoms with Crippen LogP contribution in [0.25, 0.3) is 11.3 Å². The van der Waals surface area contributed by atoms with Gasteiger partial charge in [-0.05, 0) is 44.2 Å². The van der Waals surface area contributed by atoms with Crippen molar-refractivity contribution < 1.29 is 4.79 Å². The molecule has 134 valence electrons. The lowest BCUT2D eigenvalue weighted by Crippen LogP contribution is -2.46. The van der Waals surface area contributed by atoms with E-state index in [1.807, 2.05) is 0 Å². The van der Waals surface area contributed by atoms with Gasteiger partial charge in [-0.3, -0.25) is 4.79 Å². The van der Waals surface area contributed by atoms with Gasteiger partial charge in [0.2, 0.25) is 11.9 Å². The van der Waals surface area contributed by atoms with Crippen LogP contribution in [0.5, 0.6) is 0 Å². The van der Waals surface area contributed by atoms with Crippen molar-refractivity contribution >= 4 is 17.5 Å². The molecule has 2 aromatic rings. The van der Waals surface area contributed by atoms with E-state index >= 15 is 0 Å². The number of anilines is 2. The van der Waals surface area contributed by atoms with E-state index in [4.69, 9.17) is 9.97 Å². The average Bonchev–Trinajstić information content (AvgIpc) is 3.01. The number of fused-ring (bicyclic) bond motifs is 2. The van der Waals surface area contributed by atoms with Crippen LogP contribution in [0.4, 0.5) is 11.6 Å². The molecule has 1 saturated heterocycles. The van der Waals surface area contributed by atoms with Gasteiger partial charge in [-0.15, -0.1) is 0 Å². The summed E-state index contributed by atoms with van der Waals surface area (Å²) in [5, 5.41) is 6.17. The van der Waals surface area contributed by atoms with Crippen molar-refractivity contribution in [3.8, 4) is 11.3 Å². The number of nitrogens with one attached hydrogen (secondary N) is 2. The highest BCUT2D eigenvalue weighted by molar-refractivity contribution is 5.94. The van der Waals surface area contributed by atoms with Crippen molar-refractivity contribution in [3.63, 3.8) is 0 Å². The van der Waals surface area contributed by atoms with Crippen LogP contribution in [0.15, 0.2) is 18.2 Å². The fourth-order valence-corrected chi connectivity index (χ4v) is 4.10. The van der Waals surface area contributed by atoms with Gasteiger partial charge >= 0.3 is 0 Å². The number of hydrogen-bond acceptors (Lipinski definition) is 5. The summed E-state index contributed by atoms with van der Waals surface area (Å²) in [6.07, 6.45) is 4.41. The highest BCUT2D eigenvalue weighted by atomic mass is 16.1. The molecule has 2 N–H and O–H groups in total. The van der Waals surface area contributed by atoms with Crippen LogP contribution in [0.2, 0.25) is 0 Å². The molecule has 1 amide bonds. The van der Waals surface area contributed by atoms with Crippen LogP contribution in [0.1, 0.15) is 36.6 Å². The first-order chi connectivity index (χ1) is 12.7. The number of aromatic nitrogens is 2. The van der Waals surface area contributed by atoms with Gasteiger partial charge in [0.25, 0.3) is 0 Å². The summed E-state index contributed by atoms with van der Waals surface area (Å²) in [4.78, 5) is 24.0. The number of amides is 1. The predicted octanol–water partition coefficient (Wildman–Crippen LogP) is 2.27. The zero-order chi connectivity index (χ0) is 17.7. The normalized spacial score (nSPS) is 21.5. The molecule has 3 aliphatic rings. The second-order valence-electron chi connectivity index (χ2n) is 7.51. The zero-order valence-electron chi connectivity index (χ0n) is 15.0. The Kier molecular flexibility index (Phi) is 3.67. The van der Waals surface area contributed by atoms with E-state index in [9.17, 15) is 4.79 Å². The smallest absolute Gasteiger partial charge is 0.238 e. The summed E-state index contributed by atoms with van der Waals surface area (Å²) in [7, 11) is 0. The van der Waals surface area contributed by atoms with Crippen molar-refractivity contribution in [2.24, 2.45) is 0 Å². The number of nitrogens with zero attached hydrogens (tertiary/aromatic N) is 3. The van der Waals surface area contributed by atoms with Crippen LogP contribution < -0.4 is 15.5 Å². The van der Waals surface area contributed by atoms with Gasteiger partial charge in [-0.2, -0.15) is 0 Å². The number of hydrogen-bond donors (Lipinski definition) is 2. The van der Waals surface area contributed by atoms with Gasteiger partial charge in [-0.1, -0.05) is 12.1 Å². The molecule has 0 spiro atoms. The lowest BCUT2D eigenvalue weighted by Gasteiger charge is -2.39. The first kappa shape index (κ1) is 15.8. The Balaban J connectivity index is 1.60. The fourth-order valence-electron chi connectivity index (χ4n) is 4.10. The molecule has 6 nitrogen and oxygen atoms in total. The topological polar surface area (TPSA) is 70.2 Å². The average molecular weight is 349 g/mol. The molecule has 6 heteroatoms. The molecule has 1 aliphatic carbocycles. The molecular formula is C20H23N5O. The Labute approximate surface area is 153 Å². The summed E-state index contributed by atoms with van der Waals surface area (Å²) in [6, 6.07) is 6.81. The zero-order valence-corrected chi connectivity index (χ0v) is 15.0. The minimum Gasteiger partial charge on any atom is -0.338 e. The molecule has 1 fully saturated rings. The second kappa shape index (κ2) is 6.06. The third-order valence-electron chi connectivity index (χ3n) is 5.76. The molecule has 0 saturated carbocycles. The van der Waals surface area contributed by atoms with E-state index in [1.54, 1.807) is 0 Å². The van der Waals surface area contributed by atoms with Crippen molar-refractivity contribution in [3.05, 3.63) is 35.0 Å². The van der Waals surface area contributed by atoms with Crippen molar-refractivity contribution in [1.29, 1.82) is 0 Å². The molecule has 2 aliphatic heterocycles. The molecule has 0 radical (unpaired) electrons. The Morgan fingerprint density at radius 3 is 2.92 bits per heavy atom. The first-order valence-electron chi connectivity index (χ1n) is 9.49. The van der Waals surface area contributed by atoms with Gasteiger partial charge in [-0.25, -0.2) is 9.97 Å². The van der Waals surface area contributed by atoms with E-state index < -0.39 is 0 Å². The van der Waals surface area contributed by atoms with Crippen molar-refractivity contribution in [1.82, 2.24) is 15.3 Å². The highest BCUT2D eigenvalue weighted by Gasteiger charge is 2.29. The Bertz CT molecular complexity index is 894. The largest absolute Gasteiger partial charge is 0.338 e. The summed E-state index contributed by atoms with van der Waals surface area (Å²) >= 11 is 0. The van der Waals surface area contributed by atoms with Gasteiger partial charge in [0.05, 0.1) is 12.2 Å². The second-order valence-corrected chi connectivity index (χ2v) is 7.51. The van der Waals surface area contributed by atoms with E-state index in [0.717, 1.165) is 54.3 Å². The Morgan fingerprint density at radius 1 is 1.19 bits per heavy atom. The maximum absolute atomic E-state index is 11.9. The fraction of sp³-hybridized carbons (Fsp3) is 0.450. The highest BCUT2D eigenvalue weighted by Crippen LogP contribution is 2.35. The molecule has 1 aromatic heterocycles. The number of aryl methyl sites for hydroxylation is 1. The molecule has 5 rings (SSSR count). The number of rotatable bonds is 2. The predicted molar refractivity (Wildman–Crippen MR) is 101 cm³/mol. The summed E-state index contributed by atoms with van der Waals surface area (Å²) in [5.41, 5.74) is 6.59. The number of carbonyl (C=O) groups is 1. The van der Waals surface area contributed by atoms with Gasteiger partial charge in [0, 0.05) is 41.6 Å². The van der Waals surface area contributed by atoms with Crippen LogP contribution in [-0.4, -0.2) is 35.0 Å². The first-order valence-corrected chi connectivity index (χ1v) is 9.49. The SMILES string of the molecule is C[C@H]1CCN1c1nc2c(c(-c3ccc4c(c3)NC(=O)CNC4)n1)CCC2. The van der Waals surface area contributed by atoms with Crippen LogP contribution in [-0.2, 0) is 24.2 Å². The van der Waals surface area contributed by atoms with E-state index in [-0.39, 0.29) is 5.91 Å². The van der Waals surface area contributed by atoms with Crippen LogP contribution in [0.3, 0.4) is 0 Å². The monoisotopic (exact) mass is 349 g/mol. The lowest BCUT2D eigenvalue weighted by atomic mass is 10.0. The van der Waals surface area contributed by atoms with Crippen LogP contribution in [0, 0.1) is 0 Å².